The molecule has 0 radical (unpaired) electrons. The molecule has 20 heteroatoms. The van der Waals surface area contributed by atoms with Crippen molar-refractivity contribution in [2.45, 2.75) is 150 Å². The maximum absolute atomic E-state index is 14.7. The molecule has 1 aliphatic carbocycles. The third kappa shape index (κ3) is 13.6. The molecule has 4 atom stereocenters. The molecule has 1 aliphatic rings. The summed E-state index contributed by atoms with van der Waals surface area (Å²) in [6.45, 7) is 14.6. The van der Waals surface area contributed by atoms with E-state index < -0.39 is 87.1 Å². The van der Waals surface area contributed by atoms with E-state index in [1.54, 1.807) is 100 Å². The van der Waals surface area contributed by atoms with Gasteiger partial charge < -0.3 is 37.2 Å². The zero-order chi connectivity index (χ0) is 63.6. The van der Waals surface area contributed by atoms with Crippen LogP contribution in [0.5, 0.6) is 46.0 Å². The number of phenolic OH excluding ortho intramolecular Hbond substituents is 4. The van der Waals surface area contributed by atoms with Gasteiger partial charge in [0, 0.05) is 92.4 Å². The van der Waals surface area contributed by atoms with Crippen LogP contribution in [-0.4, -0.2) is 54.1 Å². The number of fused-ring (bicyclic) bond motifs is 8. The summed E-state index contributed by atoms with van der Waals surface area (Å²) in [6, 6.07) is 34.4. The SMILES string of the molecule is CCC[C@@H]1c2cc(c(O)cc2O)[C@H](CCC)c2cc(c(OS(=O)(=O)c3ccc(C)cc3)cc2OS(=O)(=O)c2ccc(C)cc2)[C@H](CCC)c2cc(c(O)cc2O)[C@H](CCC)c2cc1c(OS(=O)(=O)c1ccc(C)cc1)cc2OS(=O)(=O)c1ccc(C)cc1. The molecular formula is C68H72O16S4. The van der Waals surface area contributed by atoms with E-state index in [1.165, 1.54) is 60.7 Å². The van der Waals surface area contributed by atoms with E-state index >= 15 is 0 Å². The quantitative estimate of drug-likeness (QED) is 0.0517. The highest BCUT2D eigenvalue weighted by Gasteiger charge is 2.37. The minimum absolute atomic E-state index is 0.119. The van der Waals surface area contributed by atoms with Crippen LogP contribution >= 0.6 is 0 Å². The predicted octanol–water partition coefficient (Wildman–Crippen LogP) is 14.9. The lowest BCUT2D eigenvalue weighted by Gasteiger charge is -2.30. The van der Waals surface area contributed by atoms with Crippen LogP contribution in [0, 0.1) is 27.7 Å². The van der Waals surface area contributed by atoms with Crippen LogP contribution in [0.15, 0.2) is 165 Å². The summed E-state index contributed by atoms with van der Waals surface area (Å²) in [5.74, 6) is -7.52. The average Bonchev–Trinajstić information content (AvgIpc) is 1.77. The van der Waals surface area contributed by atoms with E-state index in [1.807, 2.05) is 27.7 Å². The van der Waals surface area contributed by atoms with E-state index in [9.17, 15) is 54.1 Å². The smallest absolute Gasteiger partial charge is 0.339 e. The predicted molar refractivity (Wildman–Crippen MR) is 335 cm³/mol. The van der Waals surface area contributed by atoms with Gasteiger partial charge >= 0.3 is 40.5 Å². The van der Waals surface area contributed by atoms with Crippen molar-refractivity contribution in [2.24, 2.45) is 0 Å². The van der Waals surface area contributed by atoms with Crippen LogP contribution in [0.1, 0.15) is 169 Å². The monoisotopic (exact) mass is 1270 g/mol. The zero-order valence-electron chi connectivity index (χ0n) is 50.1. The second-order valence-corrected chi connectivity index (χ2v) is 28.7. The van der Waals surface area contributed by atoms with Gasteiger partial charge in [-0.25, -0.2) is 0 Å². The lowest BCUT2D eigenvalue weighted by molar-refractivity contribution is 0.433. The van der Waals surface area contributed by atoms with Crippen LogP contribution in [0.3, 0.4) is 0 Å². The molecule has 0 saturated carbocycles. The first-order valence-electron chi connectivity index (χ1n) is 29.2. The molecule has 0 aromatic heterocycles. The largest absolute Gasteiger partial charge is 0.508 e. The minimum Gasteiger partial charge on any atom is -0.508 e. The Balaban J connectivity index is 1.44. The van der Waals surface area contributed by atoms with Gasteiger partial charge in [-0.05, 0) is 126 Å². The standard InChI is InChI=1S/C68H72O16S4/c1-9-13-49-53-33-54(62(70)37-61(53)69)50(14-10-2)59-36-60(68(84-88(79,80)48-31-23-44(8)24-32-48)40-67(59)83-87(77,78)47-29-21-43(7)22-30-47)52(16-12-4)56-34-55(63(71)38-64(56)72)51(15-11-3)58-35-57(49)65(81-85(73,74)45-25-17-41(5)18-26-45)39-66(58)82-86(75,76)46-27-19-42(6)20-28-46/h17-40,49-52,69-72H,9-16H2,1-8H3/t49-,50+,51+,52-. The summed E-state index contributed by atoms with van der Waals surface area (Å²) in [5, 5.41) is 49.3. The van der Waals surface area contributed by atoms with Gasteiger partial charge in [0.15, 0.2) is 23.0 Å². The number of benzene rings is 8. The number of rotatable bonds is 20. The van der Waals surface area contributed by atoms with Crippen molar-refractivity contribution >= 4 is 40.5 Å². The highest BCUT2D eigenvalue weighted by molar-refractivity contribution is 7.88. The first kappa shape index (κ1) is 64.4. The molecule has 8 bridgehead atoms. The molecule has 9 rings (SSSR count). The van der Waals surface area contributed by atoms with Crippen molar-refractivity contribution in [3.8, 4) is 46.0 Å². The molecule has 0 fully saturated rings. The Morgan fingerprint density at radius 2 is 0.466 bits per heavy atom. The first-order valence-corrected chi connectivity index (χ1v) is 34.8. The van der Waals surface area contributed by atoms with E-state index in [0.29, 0.717) is 25.7 Å². The summed E-state index contributed by atoms with van der Waals surface area (Å²) in [7, 11) is -19.0. The second-order valence-electron chi connectivity index (χ2n) is 22.6. The van der Waals surface area contributed by atoms with Gasteiger partial charge in [0.1, 0.15) is 42.6 Å². The summed E-state index contributed by atoms with van der Waals surface area (Å²) in [4.78, 5) is -0.946. The number of phenols is 4. The van der Waals surface area contributed by atoms with Gasteiger partial charge in [-0.3, -0.25) is 0 Å². The molecule has 0 aliphatic heterocycles. The Bertz CT molecular complexity index is 3810. The lowest BCUT2D eigenvalue weighted by Crippen LogP contribution is -2.18. The number of aromatic hydroxyl groups is 4. The summed E-state index contributed by atoms with van der Waals surface area (Å²) in [5.41, 5.74) is 4.04. The van der Waals surface area contributed by atoms with Crippen molar-refractivity contribution in [3.63, 3.8) is 0 Å². The highest BCUT2D eigenvalue weighted by atomic mass is 32.2. The fourth-order valence-corrected chi connectivity index (χ4v) is 15.2. The van der Waals surface area contributed by atoms with Gasteiger partial charge in [0.25, 0.3) is 0 Å². The van der Waals surface area contributed by atoms with Gasteiger partial charge in [0.05, 0.1) is 0 Å². The Hall–Kier alpha value is -8.04. The maximum Gasteiger partial charge on any atom is 0.339 e. The van der Waals surface area contributed by atoms with Crippen LogP contribution in [0.25, 0.3) is 0 Å². The van der Waals surface area contributed by atoms with Crippen LogP contribution < -0.4 is 16.7 Å². The molecule has 464 valence electrons. The van der Waals surface area contributed by atoms with E-state index in [-0.39, 0.29) is 113 Å². The molecule has 0 saturated heterocycles. The average molecular weight is 1270 g/mol. The Kier molecular flexibility index (Phi) is 19.0. The second kappa shape index (κ2) is 26.0. The van der Waals surface area contributed by atoms with Gasteiger partial charge in [-0.1, -0.05) is 124 Å². The molecule has 0 spiro atoms. The molecule has 0 heterocycles. The molecular weight excluding hydrogens is 1200 g/mol. The molecule has 8 aromatic rings. The summed E-state index contributed by atoms with van der Waals surface area (Å²) < 4.78 is 142. The Morgan fingerprint density at radius 3 is 0.648 bits per heavy atom. The van der Waals surface area contributed by atoms with Crippen molar-refractivity contribution in [3.05, 3.63) is 212 Å². The molecule has 4 N–H and O–H groups in total. The Morgan fingerprint density at radius 1 is 0.284 bits per heavy atom. The van der Waals surface area contributed by atoms with Gasteiger partial charge in [0.2, 0.25) is 0 Å². The number of hydrogen-bond acceptors (Lipinski definition) is 16. The lowest BCUT2D eigenvalue weighted by atomic mass is 9.77. The van der Waals surface area contributed by atoms with E-state index in [2.05, 4.69) is 0 Å². The van der Waals surface area contributed by atoms with Crippen LogP contribution in [-0.2, 0) is 40.5 Å². The molecule has 0 unspecified atom stereocenters. The fourth-order valence-electron chi connectivity index (χ4n) is 11.5. The van der Waals surface area contributed by atoms with Gasteiger partial charge in [-0.2, -0.15) is 33.7 Å². The first-order chi connectivity index (χ1) is 41.7. The zero-order valence-corrected chi connectivity index (χ0v) is 53.4. The minimum atomic E-state index is -4.76. The molecule has 0 amide bonds. The topological polar surface area (TPSA) is 254 Å². The summed E-state index contributed by atoms with van der Waals surface area (Å²) >= 11 is 0. The summed E-state index contributed by atoms with van der Waals surface area (Å²) in [6.07, 6.45) is 2.12. The van der Waals surface area contributed by atoms with E-state index in [0.717, 1.165) is 34.4 Å². The van der Waals surface area contributed by atoms with Crippen molar-refractivity contribution < 1.29 is 70.8 Å². The van der Waals surface area contributed by atoms with Gasteiger partial charge in [-0.15, -0.1) is 0 Å². The van der Waals surface area contributed by atoms with Crippen molar-refractivity contribution in [1.29, 1.82) is 0 Å². The maximum atomic E-state index is 14.7. The molecule has 16 nitrogen and oxygen atoms in total. The van der Waals surface area contributed by atoms with Crippen molar-refractivity contribution in [2.75, 3.05) is 0 Å². The van der Waals surface area contributed by atoms with Crippen LogP contribution in [0.4, 0.5) is 0 Å². The normalized spacial score (nSPS) is 16.2. The fraction of sp³-hybridized carbons (Fsp3) is 0.294. The highest BCUT2D eigenvalue weighted by Crippen LogP contribution is 2.54. The third-order valence-electron chi connectivity index (χ3n) is 16.0. The van der Waals surface area contributed by atoms with Crippen LogP contribution in [0.2, 0.25) is 0 Å². The molecule has 88 heavy (non-hydrogen) atoms. The Labute approximate surface area is 516 Å². The van der Waals surface area contributed by atoms with E-state index in [4.69, 9.17) is 16.7 Å². The molecule has 8 aromatic carbocycles. The third-order valence-corrected chi connectivity index (χ3v) is 21.0. The van der Waals surface area contributed by atoms with Crippen molar-refractivity contribution in [1.82, 2.24) is 0 Å². The number of hydrogen-bond donors (Lipinski definition) is 4. The number of aryl methyl sites for hydroxylation is 4.